The van der Waals surface area contributed by atoms with Crippen molar-refractivity contribution in [2.45, 2.75) is 20.3 Å². The zero-order valence-electron chi connectivity index (χ0n) is 11.9. The number of benzene rings is 2. The molecule has 1 aliphatic heterocycles. The van der Waals surface area contributed by atoms with E-state index in [1.165, 1.54) is 0 Å². The van der Waals surface area contributed by atoms with Crippen LogP contribution in [-0.4, -0.2) is 12.4 Å². The summed E-state index contributed by atoms with van der Waals surface area (Å²) < 4.78 is 0. The summed E-state index contributed by atoms with van der Waals surface area (Å²) in [4.78, 5) is 0. The molecule has 2 aromatic carbocycles. The highest BCUT2D eigenvalue weighted by molar-refractivity contribution is 5.97. The van der Waals surface area contributed by atoms with Crippen molar-refractivity contribution in [3.05, 3.63) is 59.7 Å². The molecule has 0 bridgehead atoms. The van der Waals surface area contributed by atoms with Gasteiger partial charge in [0.2, 0.25) is 0 Å². The van der Waals surface area contributed by atoms with Crippen molar-refractivity contribution in [2.75, 3.05) is 16.9 Å². The third kappa shape index (κ3) is 2.82. The lowest BCUT2D eigenvalue weighted by Gasteiger charge is -2.12. The zero-order valence-corrected chi connectivity index (χ0v) is 11.9. The molecular formula is C17H18N3. The van der Waals surface area contributed by atoms with Gasteiger partial charge in [-0.2, -0.15) is 5.10 Å². The molecule has 0 aliphatic carbocycles. The summed E-state index contributed by atoms with van der Waals surface area (Å²) in [5.41, 5.74) is 4.52. The summed E-state index contributed by atoms with van der Waals surface area (Å²) in [5, 5.41) is 10.1. The van der Waals surface area contributed by atoms with E-state index in [-0.39, 0.29) is 0 Å². The van der Waals surface area contributed by atoms with Crippen LogP contribution in [0.4, 0.5) is 11.4 Å². The van der Waals surface area contributed by atoms with Gasteiger partial charge in [0.1, 0.15) is 5.84 Å². The Labute approximate surface area is 119 Å². The number of amidine groups is 1. The van der Waals surface area contributed by atoms with Gasteiger partial charge in [0.15, 0.2) is 0 Å². The van der Waals surface area contributed by atoms with Gasteiger partial charge >= 0.3 is 0 Å². The number of anilines is 2. The van der Waals surface area contributed by atoms with Crippen LogP contribution in [0.3, 0.4) is 0 Å². The van der Waals surface area contributed by atoms with E-state index in [1.807, 2.05) is 23.2 Å². The van der Waals surface area contributed by atoms with Gasteiger partial charge in [-0.3, -0.25) is 5.01 Å². The van der Waals surface area contributed by atoms with Gasteiger partial charge in [0.05, 0.1) is 5.69 Å². The number of hydrogen-bond acceptors (Lipinski definition) is 3. The first-order valence-corrected chi connectivity index (χ1v) is 6.88. The SMILES string of the molecule is Cc1[c]c(C)cc(NC2=NN(c3ccccc3)CC2)c1. The number of rotatable bonds is 2. The smallest absolute Gasteiger partial charge is 0.129 e. The molecule has 1 aliphatic rings. The quantitative estimate of drug-likeness (QED) is 0.894. The molecule has 0 atom stereocenters. The van der Waals surface area contributed by atoms with Gasteiger partial charge in [-0.25, -0.2) is 0 Å². The second-order valence-electron chi connectivity index (χ2n) is 5.12. The van der Waals surface area contributed by atoms with Crippen LogP contribution < -0.4 is 10.3 Å². The first kappa shape index (κ1) is 12.7. The molecule has 0 fully saturated rings. The summed E-state index contributed by atoms with van der Waals surface area (Å²) in [6.45, 7) is 5.04. The summed E-state index contributed by atoms with van der Waals surface area (Å²) in [7, 11) is 0. The van der Waals surface area contributed by atoms with Crippen LogP contribution in [0.5, 0.6) is 0 Å². The summed E-state index contributed by atoms with van der Waals surface area (Å²) in [5.74, 6) is 1.01. The Morgan fingerprint density at radius 1 is 1.10 bits per heavy atom. The maximum atomic E-state index is 4.64. The molecule has 1 radical (unpaired) electrons. The molecule has 0 amide bonds. The fourth-order valence-corrected chi connectivity index (χ4v) is 2.46. The van der Waals surface area contributed by atoms with Gasteiger partial charge in [-0.15, -0.1) is 0 Å². The standard InChI is InChI=1S/C17H18N3/c1-13-10-14(2)12-15(11-13)18-17-8-9-20(19-17)16-6-4-3-5-7-16/h3-7,11-12H,8-9H2,1-2H3,(H,18,19). The predicted molar refractivity (Wildman–Crippen MR) is 84.2 cm³/mol. The van der Waals surface area contributed by atoms with E-state index in [4.69, 9.17) is 0 Å². The van der Waals surface area contributed by atoms with E-state index in [2.05, 4.69) is 54.6 Å². The highest BCUT2D eigenvalue weighted by atomic mass is 15.5. The number of hydrazone groups is 1. The van der Waals surface area contributed by atoms with E-state index in [0.29, 0.717) is 0 Å². The van der Waals surface area contributed by atoms with Crippen molar-refractivity contribution in [3.63, 3.8) is 0 Å². The number of aryl methyl sites for hydroxylation is 2. The predicted octanol–water partition coefficient (Wildman–Crippen LogP) is 3.74. The van der Waals surface area contributed by atoms with Crippen molar-refractivity contribution >= 4 is 17.2 Å². The Balaban J connectivity index is 1.76. The highest BCUT2D eigenvalue weighted by Crippen LogP contribution is 2.20. The summed E-state index contributed by atoms with van der Waals surface area (Å²) in [6.07, 6.45) is 0.936. The van der Waals surface area contributed by atoms with Crippen molar-refractivity contribution in [3.8, 4) is 0 Å². The minimum absolute atomic E-state index is 0.920. The molecule has 0 saturated heterocycles. The lowest BCUT2D eigenvalue weighted by Crippen LogP contribution is -2.11. The number of para-hydroxylation sites is 1. The maximum Gasteiger partial charge on any atom is 0.129 e. The summed E-state index contributed by atoms with van der Waals surface area (Å²) in [6, 6.07) is 17.7. The van der Waals surface area contributed by atoms with Gasteiger partial charge in [-0.1, -0.05) is 18.2 Å². The monoisotopic (exact) mass is 264 g/mol. The van der Waals surface area contributed by atoms with Gasteiger partial charge in [0, 0.05) is 18.7 Å². The molecule has 101 valence electrons. The third-order valence-corrected chi connectivity index (χ3v) is 3.28. The first-order chi connectivity index (χ1) is 9.70. The Bertz CT molecular complexity index is 612. The minimum Gasteiger partial charge on any atom is -0.342 e. The van der Waals surface area contributed by atoms with E-state index >= 15 is 0 Å². The fourth-order valence-electron chi connectivity index (χ4n) is 2.46. The summed E-state index contributed by atoms with van der Waals surface area (Å²) >= 11 is 0. The molecule has 2 aromatic rings. The second kappa shape index (κ2) is 5.37. The largest absolute Gasteiger partial charge is 0.342 e. The highest BCUT2D eigenvalue weighted by Gasteiger charge is 2.15. The molecule has 0 unspecified atom stereocenters. The van der Waals surface area contributed by atoms with Crippen LogP contribution in [0, 0.1) is 19.9 Å². The topological polar surface area (TPSA) is 27.6 Å². The normalized spacial score (nSPS) is 14.3. The van der Waals surface area contributed by atoms with Crippen LogP contribution >= 0.6 is 0 Å². The van der Waals surface area contributed by atoms with Crippen LogP contribution in [0.1, 0.15) is 17.5 Å². The Hall–Kier alpha value is -2.29. The van der Waals surface area contributed by atoms with Crippen LogP contribution in [0.2, 0.25) is 0 Å². The van der Waals surface area contributed by atoms with Crippen molar-refractivity contribution < 1.29 is 0 Å². The lowest BCUT2D eigenvalue weighted by molar-refractivity contribution is 0.922. The molecule has 3 rings (SSSR count). The number of nitrogens with one attached hydrogen (secondary N) is 1. The minimum atomic E-state index is 0.920. The average Bonchev–Trinajstić information content (AvgIpc) is 2.87. The molecule has 0 aromatic heterocycles. The maximum absolute atomic E-state index is 4.64. The van der Waals surface area contributed by atoms with Crippen molar-refractivity contribution in [2.24, 2.45) is 5.10 Å². The van der Waals surface area contributed by atoms with E-state index < -0.39 is 0 Å². The molecule has 20 heavy (non-hydrogen) atoms. The first-order valence-electron chi connectivity index (χ1n) is 6.88. The Morgan fingerprint density at radius 2 is 1.80 bits per heavy atom. The lowest BCUT2D eigenvalue weighted by atomic mass is 10.1. The third-order valence-electron chi connectivity index (χ3n) is 3.28. The van der Waals surface area contributed by atoms with Crippen LogP contribution in [0.15, 0.2) is 47.6 Å². The molecule has 0 saturated carbocycles. The van der Waals surface area contributed by atoms with E-state index in [9.17, 15) is 0 Å². The van der Waals surface area contributed by atoms with E-state index in [0.717, 1.165) is 41.3 Å². The van der Waals surface area contributed by atoms with Crippen LogP contribution in [-0.2, 0) is 0 Å². The van der Waals surface area contributed by atoms with Gasteiger partial charge < -0.3 is 5.32 Å². The molecule has 1 N–H and O–H groups in total. The van der Waals surface area contributed by atoms with E-state index in [1.54, 1.807) is 0 Å². The molecule has 3 nitrogen and oxygen atoms in total. The fraction of sp³-hybridized carbons (Fsp3) is 0.235. The second-order valence-corrected chi connectivity index (χ2v) is 5.12. The number of nitrogens with zero attached hydrogens (tertiary/aromatic N) is 2. The van der Waals surface area contributed by atoms with Crippen molar-refractivity contribution in [1.82, 2.24) is 0 Å². The van der Waals surface area contributed by atoms with Crippen molar-refractivity contribution in [1.29, 1.82) is 0 Å². The molecule has 0 spiro atoms. The van der Waals surface area contributed by atoms with Crippen LogP contribution in [0.25, 0.3) is 0 Å². The molecular weight excluding hydrogens is 246 g/mol. The Morgan fingerprint density at radius 3 is 2.50 bits per heavy atom. The van der Waals surface area contributed by atoms with Gasteiger partial charge in [-0.05, 0) is 55.3 Å². The molecule has 3 heteroatoms. The molecule has 1 heterocycles. The average molecular weight is 264 g/mol. The Kier molecular flexibility index (Phi) is 3.42. The van der Waals surface area contributed by atoms with Gasteiger partial charge in [0.25, 0.3) is 0 Å². The zero-order chi connectivity index (χ0) is 13.9. The number of hydrogen-bond donors (Lipinski definition) is 1.